The largest absolute Gasteiger partial charge is 0.392 e. The van der Waals surface area contributed by atoms with Crippen molar-refractivity contribution in [1.82, 2.24) is 20.3 Å². The average Bonchev–Trinajstić information content (AvgIpc) is 2.86. The lowest BCUT2D eigenvalue weighted by Gasteiger charge is -2.04. The van der Waals surface area contributed by atoms with Crippen molar-refractivity contribution < 1.29 is 9.90 Å². The molecule has 1 aromatic carbocycles. The molecule has 1 heterocycles. The molecule has 0 bridgehead atoms. The van der Waals surface area contributed by atoms with E-state index in [1.54, 1.807) is 13.1 Å². The van der Waals surface area contributed by atoms with Crippen molar-refractivity contribution in [3.8, 4) is 5.69 Å². The van der Waals surface area contributed by atoms with Crippen molar-refractivity contribution in [2.45, 2.75) is 13.0 Å². The molecule has 0 aliphatic rings. The molecule has 1 aromatic heterocycles. The van der Waals surface area contributed by atoms with Gasteiger partial charge in [-0.2, -0.15) is 0 Å². The molecular weight excluding hydrogens is 232 g/mol. The second-order valence-electron chi connectivity index (χ2n) is 3.94. The number of carbonyl (C=O) groups is 1. The summed E-state index contributed by atoms with van der Waals surface area (Å²) in [5.41, 5.74) is 1.05. The summed E-state index contributed by atoms with van der Waals surface area (Å²) in [6.07, 6.45) is 0.963. The zero-order chi connectivity index (χ0) is 13.0. The molecule has 1 atom stereocenters. The Kier molecular flexibility index (Phi) is 3.69. The number of nitrogens with one attached hydrogen (secondary N) is 1. The third-order valence-electron chi connectivity index (χ3n) is 2.30. The molecule has 0 fully saturated rings. The van der Waals surface area contributed by atoms with Crippen LogP contribution in [0.2, 0.25) is 0 Å². The number of hydrogen-bond donors (Lipinski definition) is 2. The number of rotatable bonds is 4. The molecule has 2 N–H and O–H groups in total. The topological polar surface area (TPSA) is 80.0 Å². The van der Waals surface area contributed by atoms with Gasteiger partial charge in [0.15, 0.2) is 5.69 Å². The van der Waals surface area contributed by atoms with Gasteiger partial charge in [0.2, 0.25) is 0 Å². The van der Waals surface area contributed by atoms with Gasteiger partial charge in [-0.05, 0) is 19.1 Å². The Balaban J connectivity index is 2.09. The van der Waals surface area contributed by atoms with Crippen LogP contribution < -0.4 is 5.32 Å². The predicted octanol–water partition coefficient (Wildman–Crippen LogP) is 0.378. The fraction of sp³-hybridized carbons (Fsp3) is 0.250. The van der Waals surface area contributed by atoms with E-state index in [4.69, 9.17) is 5.11 Å². The monoisotopic (exact) mass is 246 g/mol. The highest BCUT2D eigenvalue weighted by Gasteiger charge is 2.11. The Hall–Kier alpha value is -2.21. The van der Waals surface area contributed by atoms with E-state index in [0.717, 1.165) is 5.69 Å². The molecule has 1 amide bonds. The van der Waals surface area contributed by atoms with E-state index in [9.17, 15) is 4.79 Å². The van der Waals surface area contributed by atoms with E-state index in [0.29, 0.717) is 0 Å². The zero-order valence-corrected chi connectivity index (χ0v) is 9.95. The van der Waals surface area contributed by atoms with Crippen LogP contribution in [0, 0.1) is 0 Å². The van der Waals surface area contributed by atoms with E-state index < -0.39 is 6.10 Å². The fourth-order valence-electron chi connectivity index (χ4n) is 1.41. The van der Waals surface area contributed by atoms with E-state index in [1.165, 1.54) is 4.68 Å². The molecule has 0 aliphatic carbocycles. The van der Waals surface area contributed by atoms with Gasteiger partial charge in [-0.15, -0.1) is 5.10 Å². The number of aromatic nitrogens is 3. The normalized spacial score (nSPS) is 12.1. The highest BCUT2D eigenvalue weighted by Crippen LogP contribution is 2.05. The average molecular weight is 246 g/mol. The maximum absolute atomic E-state index is 11.7. The van der Waals surface area contributed by atoms with Gasteiger partial charge in [0, 0.05) is 6.54 Å². The summed E-state index contributed by atoms with van der Waals surface area (Å²) in [6.45, 7) is 1.79. The summed E-state index contributed by atoms with van der Waals surface area (Å²) in [5.74, 6) is -0.349. The summed E-state index contributed by atoms with van der Waals surface area (Å²) in [6, 6.07) is 9.39. The van der Waals surface area contributed by atoms with Gasteiger partial charge >= 0.3 is 0 Å². The van der Waals surface area contributed by atoms with Crippen LogP contribution in [0.25, 0.3) is 5.69 Å². The first-order valence-corrected chi connectivity index (χ1v) is 5.61. The van der Waals surface area contributed by atoms with Gasteiger partial charge in [0.1, 0.15) is 0 Å². The Labute approximate surface area is 104 Å². The van der Waals surface area contributed by atoms with Crippen LogP contribution in [0.5, 0.6) is 0 Å². The number of benzene rings is 1. The first-order chi connectivity index (χ1) is 8.66. The molecule has 0 saturated carbocycles. The van der Waals surface area contributed by atoms with Crippen LogP contribution in [0.1, 0.15) is 17.4 Å². The number of amides is 1. The lowest BCUT2D eigenvalue weighted by Crippen LogP contribution is -2.30. The third-order valence-corrected chi connectivity index (χ3v) is 2.30. The maximum atomic E-state index is 11.7. The third kappa shape index (κ3) is 2.92. The summed E-state index contributed by atoms with van der Waals surface area (Å²) in [5, 5.41) is 19.3. The summed E-state index contributed by atoms with van der Waals surface area (Å²) < 4.78 is 1.53. The second-order valence-corrected chi connectivity index (χ2v) is 3.94. The van der Waals surface area contributed by atoms with Crippen molar-refractivity contribution >= 4 is 5.91 Å². The predicted molar refractivity (Wildman–Crippen MR) is 65.4 cm³/mol. The minimum atomic E-state index is -0.585. The fourth-order valence-corrected chi connectivity index (χ4v) is 1.41. The van der Waals surface area contributed by atoms with Gasteiger partial charge in [-0.25, -0.2) is 4.68 Å². The van der Waals surface area contributed by atoms with Gasteiger partial charge < -0.3 is 10.4 Å². The van der Waals surface area contributed by atoms with Crippen LogP contribution in [-0.2, 0) is 0 Å². The molecule has 0 radical (unpaired) electrons. The van der Waals surface area contributed by atoms with Crippen LogP contribution in [0.3, 0.4) is 0 Å². The molecule has 6 heteroatoms. The van der Waals surface area contributed by atoms with E-state index in [-0.39, 0.29) is 18.1 Å². The Morgan fingerprint density at radius 1 is 1.44 bits per heavy atom. The van der Waals surface area contributed by atoms with Gasteiger partial charge in [0.25, 0.3) is 5.91 Å². The number of nitrogens with zero attached hydrogens (tertiary/aromatic N) is 3. The molecule has 18 heavy (non-hydrogen) atoms. The number of carbonyl (C=O) groups excluding carboxylic acids is 1. The molecule has 2 aromatic rings. The van der Waals surface area contributed by atoms with Crippen LogP contribution >= 0.6 is 0 Å². The number of aliphatic hydroxyl groups is 1. The highest BCUT2D eigenvalue weighted by atomic mass is 16.3. The quantitative estimate of drug-likeness (QED) is 0.817. The molecular formula is C12H14N4O2. The van der Waals surface area contributed by atoms with Crippen molar-refractivity contribution in [3.05, 3.63) is 42.2 Å². The Bertz CT molecular complexity index is 522. The van der Waals surface area contributed by atoms with Gasteiger partial charge in [-0.3, -0.25) is 4.79 Å². The summed E-state index contributed by atoms with van der Waals surface area (Å²) in [4.78, 5) is 11.7. The van der Waals surface area contributed by atoms with Crippen molar-refractivity contribution in [1.29, 1.82) is 0 Å². The Morgan fingerprint density at radius 3 is 2.83 bits per heavy atom. The minimum Gasteiger partial charge on any atom is -0.392 e. The van der Waals surface area contributed by atoms with E-state index in [1.807, 2.05) is 30.3 Å². The van der Waals surface area contributed by atoms with Crippen LogP contribution in [-0.4, -0.2) is 38.7 Å². The lowest BCUT2D eigenvalue weighted by molar-refractivity contribution is 0.0919. The maximum Gasteiger partial charge on any atom is 0.273 e. The van der Waals surface area contributed by atoms with Gasteiger partial charge in [0.05, 0.1) is 18.0 Å². The number of aliphatic hydroxyl groups excluding tert-OH is 1. The number of hydrogen-bond acceptors (Lipinski definition) is 4. The summed E-state index contributed by atoms with van der Waals surface area (Å²) in [7, 11) is 0. The molecule has 0 saturated heterocycles. The summed E-state index contributed by atoms with van der Waals surface area (Å²) >= 11 is 0. The second kappa shape index (κ2) is 5.42. The smallest absolute Gasteiger partial charge is 0.273 e. The zero-order valence-electron chi connectivity index (χ0n) is 9.95. The SMILES string of the molecule is CC(O)CNC(=O)c1cn(-c2ccccc2)nn1. The number of para-hydroxylation sites is 1. The molecule has 94 valence electrons. The first kappa shape index (κ1) is 12.3. The van der Waals surface area contributed by atoms with Crippen molar-refractivity contribution in [2.75, 3.05) is 6.54 Å². The molecule has 6 nitrogen and oxygen atoms in total. The Morgan fingerprint density at radius 2 is 2.17 bits per heavy atom. The molecule has 2 rings (SSSR count). The standard InChI is InChI=1S/C12H14N4O2/c1-9(17)7-13-12(18)11-8-16(15-14-11)10-5-3-2-4-6-10/h2-6,8-9,17H,7H2,1H3,(H,13,18). The van der Waals surface area contributed by atoms with Crippen LogP contribution in [0.15, 0.2) is 36.5 Å². The lowest BCUT2D eigenvalue weighted by atomic mass is 10.3. The molecule has 0 spiro atoms. The molecule has 1 unspecified atom stereocenters. The van der Waals surface area contributed by atoms with Crippen LogP contribution in [0.4, 0.5) is 0 Å². The van der Waals surface area contributed by atoms with Gasteiger partial charge in [-0.1, -0.05) is 23.4 Å². The first-order valence-electron chi connectivity index (χ1n) is 5.61. The minimum absolute atomic E-state index is 0.191. The van der Waals surface area contributed by atoms with E-state index >= 15 is 0 Å². The van der Waals surface area contributed by atoms with Crippen molar-refractivity contribution in [2.24, 2.45) is 0 Å². The van der Waals surface area contributed by atoms with E-state index in [2.05, 4.69) is 15.6 Å². The molecule has 0 aliphatic heterocycles. The highest BCUT2D eigenvalue weighted by molar-refractivity contribution is 5.91. The van der Waals surface area contributed by atoms with Crippen molar-refractivity contribution in [3.63, 3.8) is 0 Å².